The maximum atomic E-state index is 12.5. The van der Waals surface area contributed by atoms with Crippen LogP contribution in [0.3, 0.4) is 0 Å². The first-order valence-electron chi connectivity index (χ1n) is 8.13. The number of amides is 1. The van der Waals surface area contributed by atoms with Crippen LogP contribution in [0.4, 0.5) is 0 Å². The Labute approximate surface area is 153 Å². The molecule has 1 fully saturated rings. The second kappa shape index (κ2) is 8.37. The van der Waals surface area contributed by atoms with E-state index in [-0.39, 0.29) is 12.2 Å². The summed E-state index contributed by atoms with van der Waals surface area (Å²) in [5.74, 6) is -1.55. The molecule has 3 N–H and O–H groups in total. The Bertz CT molecular complexity index is 845. The van der Waals surface area contributed by atoms with Gasteiger partial charge in [-0.05, 0) is 13.8 Å². The lowest BCUT2D eigenvalue weighted by Gasteiger charge is -2.19. The van der Waals surface area contributed by atoms with Crippen LogP contribution in [0.1, 0.15) is 26.5 Å². The number of aromatic nitrogens is 2. The molecule has 1 amide bonds. The van der Waals surface area contributed by atoms with E-state index in [4.69, 9.17) is 9.47 Å². The number of nitrogens with zero attached hydrogens (tertiary/aromatic N) is 1. The van der Waals surface area contributed by atoms with E-state index in [1.54, 1.807) is 0 Å². The van der Waals surface area contributed by atoms with Crippen molar-refractivity contribution >= 4 is 17.5 Å². The standard InChI is InChI=1S/C16H21N3O8/c1-7(20)6-9(8(2)21)17-14(24)12-11(23)13(26-3)15(27-12)19-5-4-10(22)18-16(19)25/h4-5,9,11-13,15,23H,6H2,1-3H3,(H,17,24)(H,18,22,25)/t9-,11?,12+,13+,15-/m1/s1. The number of aliphatic hydroxyl groups excluding tert-OH is 1. The summed E-state index contributed by atoms with van der Waals surface area (Å²) in [5, 5.41) is 12.7. The largest absolute Gasteiger partial charge is 0.387 e. The normalized spacial score (nSPS) is 25.8. The Morgan fingerprint density at radius 2 is 2.04 bits per heavy atom. The van der Waals surface area contributed by atoms with Crippen molar-refractivity contribution in [2.45, 2.75) is 50.8 Å². The average Bonchev–Trinajstić information content (AvgIpc) is 2.90. The first-order chi connectivity index (χ1) is 12.6. The molecule has 0 bridgehead atoms. The number of Topliss-reactive ketones (excluding diaryl/α,β-unsaturated/α-hetero) is 2. The van der Waals surface area contributed by atoms with Crippen LogP contribution < -0.4 is 16.6 Å². The minimum Gasteiger partial charge on any atom is -0.387 e. The van der Waals surface area contributed by atoms with Gasteiger partial charge in [-0.2, -0.15) is 0 Å². The van der Waals surface area contributed by atoms with E-state index in [2.05, 4.69) is 5.32 Å². The third kappa shape index (κ3) is 4.56. The highest BCUT2D eigenvalue weighted by Crippen LogP contribution is 2.30. The topological polar surface area (TPSA) is 157 Å². The number of carbonyl (C=O) groups excluding carboxylic acids is 3. The lowest BCUT2D eigenvalue weighted by Crippen LogP contribution is -2.49. The molecule has 0 aromatic carbocycles. The molecule has 1 aromatic heterocycles. The van der Waals surface area contributed by atoms with Crippen molar-refractivity contribution in [3.05, 3.63) is 33.1 Å². The zero-order chi connectivity index (χ0) is 20.3. The molecule has 11 heteroatoms. The van der Waals surface area contributed by atoms with Crippen LogP contribution >= 0.6 is 0 Å². The van der Waals surface area contributed by atoms with Crippen molar-refractivity contribution in [1.82, 2.24) is 14.9 Å². The van der Waals surface area contributed by atoms with Gasteiger partial charge in [0.25, 0.3) is 11.5 Å². The Kier molecular flexibility index (Phi) is 6.41. The van der Waals surface area contributed by atoms with Crippen molar-refractivity contribution in [1.29, 1.82) is 0 Å². The summed E-state index contributed by atoms with van der Waals surface area (Å²) in [6.07, 6.45) is -4.22. The van der Waals surface area contributed by atoms with E-state index in [1.165, 1.54) is 21.0 Å². The quantitative estimate of drug-likeness (QED) is 0.482. The molecule has 1 unspecified atom stereocenters. The van der Waals surface area contributed by atoms with Crippen molar-refractivity contribution < 1.29 is 29.0 Å². The number of aliphatic hydroxyl groups is 1. The number of hydrogen-bond acceptors (Lipinski definition) is 8. The second-order valence-corrected chi connectivity index (χ2v) is 6.23. The maximum absolute atomic E-state index is 12.5. The molecule has 1 aliphatic heterocycles. The molecule has 11 nitrogen and oxygen atoms in total. The molecule has 148 valence electrons. The first kappa shape index (κ1) is 20.7. The smallest absolute Gasteiger partial charge is 0.330 e. The van der Waals surface area contributed by atoms with Crippen LogP contribution in [-0.4, -0.2) is 63.6 Å². The van der Waals surface area contributed by atoms with Gasteiger partial charge in [-0.25, -0.2) is 4.79 Å². The highest BCUT2D eigenvalue weighted by molar-refractivity contribution is 5.93. The van der Waals surface area contributed by atoms with Crippen molar-refractivity contribution in [3.63, 3.8) is 0 Å². The Morgan fingerprint density at radius 3 is 2.56 bits per heavy atom. The van der Waals surface area contributed by atoms with Gasteiger partial charge in [0, 0.05) is 25.8 Å². The van der Waals surface area contributed by atoms with Crippen LogP contribution in [0.5, 0.6) is 0 Å². The van der Waals surface area contributed by atoms with Gasteiger partial charge in [0.15, 0.2) is 18.1 Å². The summed E-state index contributed by atoms with van der Waals surface area (Å²) >= 11 is 0. The third-order valence-corrected chi connectivity index (χ3v) is 4.17. The maximum Gasteiger partial charge on any atom is 0.330 e. The highest BCUT2D eigenvalue weighted by Gasteiger charge is 2.49. The lowest BCUT2D eigenvalue weighted by molar-refractivity contribution is -0.140. The lowest BCUT2D eigenvalue weighted by atomic mass is 10.1. The van der Waals surface area contributed by atoms with Gasteiger partial charge in [-0.15, -0.1) is 0 Å². The summed E-state index contributed by atoms with van der Waals surface area (Å²) < 4.78 is 11.6. The van der Waals surface area contributed by atoms with E-state index < -0.39 is 53.5 Å². The molecule has 2 heterocycles. The number of carbonyl (C=O) groups is 3. The number of hydrogen-bond donors (Lipinski definition) is 3. The number of ketones is 2. The molecular weight excluding hydrogens is 362 g/mol. The van der Waals surface area contributed by atoms with Gasteiger partial charge in [0.2, 0.25) is 0 Å². The minimum absolute atomic E-state index is 0.194. The first-order valence-corrected chi connectivity index (χ1v) is 8.13. The Morgan fingerprint density at radius 1 is 1.37 bits per heavy atom. The zero-order valence-corrected chi connectivity index (χ0v) is 15.0. The number of methoxy groups -OCH3 is 1. The number of H-pyrrole nitrogens is 1. The Balaban J connectivity index is 2.24. The van der Waals surface area contributed by atoms with E-state index in [1.807, 2.05) is 4.98 Å². The van der Waals surface area contributed by atoms with Gasteiger partial charge < -0.3 is 19.9 Å². The molecule has 27 heavy (non-hydrogen) atoms. The number of nitrogens with one attached hydrogen (secondary N) is 2. The predicted molar refractivity (Wildman–Crippen MR) is 89.9 cm³/mol. The van der Waals surface area contributed by atoms with Gasteiger partial charge >= 0.3 is 5.69 Å². The molecule has 2 rings (SSSR count). The van der Waals surface area contributed by atoms with E-state index >= 15 is 0 Å². The Hall–Kier alpha value is -2.63. The molecular formula is C16H21N3O8. The fourth-order valence-electron chi connectivity index (χ4n) is 2.81. The molecule has 5 atom stereocenters. The van der Waals surface area contributed by atoms with Crippen LogP contribution in [0.25, 0.3) is 0 Å². The van der Waals surface area contributed by atoms with Gasteiger partial charge in [-0.1, -0.05) is 0 Å². The highest BCUT2D eigenvalue weighted by atomic mass is 16.6. The van der Waals surface area contributed by atoms with Crippen molar-refractivity contribution in [2.75, 3.05) is 7.11 Å². The van der Waals surface area contributed by atoms with Crippen molar-refractivity contribution in [2.24, 2.45) is 0 Å². The average molecular weight is 383 g/mol. The fraction of sp³-hybridized carbons (Fsp3) is 0.562. The third-order valence-electron chi connectivity index (χ3n) is 4.17. The van der Waals surface area contributed by atoms with Gasteiger partial charge in [-0.3, -0.25) is 28.7 Å². The summed E-state index contributed by atoms with van der Waals surface area (Å²) in [6, 6.07) is 0.0252. The molecule has 1 aromatic rings. The van der Waals surface area contributed by atoms with Crippen LogP contribution in [0.2, 0.25) is 0 Å². The molecule has 1 saturated heterocycles. The summed E-state index contributed by atoms with van der Waals surface area (Å²) in [6.45, 7) is 2.50. The summed E-state index contributed by atoms with van der Waals surface area (Å²) in [7, 11) is 1.26. The molecule has 0 aliphatic carbocycles. The molecule has 0 radical (unpaired) electrons. The molecule has 0 saturated carbocycles. The zero-order valence-electron chi connectivity index (χ0n) is 15.0. The van der Waals surface area contributed by atoms with Crippen LogP contribution in [-0.2, 0) is 23.9 Å². The van der Waals surface area contributed by atoms with E-state index in [9.17, 15) is 29.1 Å². The van der Waals surface area contributed by atoms with Crippen LogP contribution in [0.15, 0.2) is 21.9 Å². The SMILES string of the molecule is CO[C@H]1C(O)[C@@H](C(=O)N[C@H](CC(C)=O)C(C)=O)O[C@H]1n1ccc(=O)[nH]c1=O. The van der Waals surface area contributed by atoms with Crippen LogP contribution in [0, 0.1) is 0 Å². The monoisotopic (exact) mass is 383 g/mol. The van der Waals surface area contributed by atoms with E-state index in [0.29, 0.717) is 0 Å². The number of rotatable bonds is 7. The molecule has 1 aliphatic rings. The van der Waals surface area contributed by atoms with Gasteiger partial charge in [0.1, 0.15) is 18.0 Å². The van der Waals surface area contributed by atoms with E-state index in [0.717, 1.165) is 16.8 Å². The summed E-state index contributed by atoms with van der Waals surface area (Å²) in [4.78, 5) is 60.6. The predicted octanol–water partition coefficient (Wildman–Crippen LogP) is -2.14. The summed E-state index contributed by atoms with van der Waals surface area (Å²) in [5.41, 5.74) is -1.42. The number of ether oxygens (including phenoxy) is 2. The second-order valence-electron chi connectivity index (χ2n) is 6.23. The number of aromatic amines is 1. The van der Waals surface area contributed by atoms with Crippen molar-refractivity contribution in [3.8, 4) is 0 Å². The minimum atomic E-state index is -1.45. The fourth-order valence-corrected chi connectivity index (χ4v) is 2.81. The van der Waals surface area contributed by atoms with Gasteiger partial charge in [0.05, 0.1) is 6.04 Å². The molecule has 0 spiro atoms.